The number of benzene rings is 2. The van der Waals surface area contributed by atoms with Crippen LogP contribution in [0.4, 0.5) is 4.39 Å². The summed E-state index contributed by atoms with van der Waals surface area (Å²) in [4.78, 5) is 27.7. The van der Waals surface area contributed by atoms with Crippen LogP contribution in [0, 0.1) is 5.82 Å². The maximum absolute atomic E-state index is 13.0. The summed E-state index contributed by atoms with van der Waals surface area (Å²) < 4.78 is 39.4. The Kier molecular flexibility index (Phi) is 6.71. The lowest BCUT2D eigenvalue weighted by atomic mass is 10.2. The zero-order valence-electron chi connectivity index (χ0n) is 16.7. The van der Waals surface area contributed by atoms with Gasteiger partial charge in [0.15, 0.2) is 18.1 Å². The van der Waals surface area contributed by atoms with Gasteiger partial charge in [0.2, 0.25) is 11.6 Å². The Bertz CT molecular complexity index is 1050. The Balaban J connectivity index is 1.71. The van der Waals surface area contributed by atoms with Gasteiger partial charge in [0, 0.05) is 5.56 Å². The van der Waals surface area contributed by atoms with Crippen LogP contribution < -0.4 is 19.9 Å². The predicted octanol–water partition coefficient (Wildman–Crippen LogP) is 2.72. The second-order valence-corrected chi connectivity index (χ2v) is 6.19. The number of nitrogens with two attached hydrogens (primary N) is 1. The van der Waals surface area contributed by atoms with Crippen molar-refractivity contribution in [2.45, 2.75) is 6.61 Å². The van der Waals surface area contributed by atoms with Gasteiger partial charge in [-0.25, -0.2) is 14.2 Å². The van der Waals surface area contributed by atoms with E-state index in [1.807, 2.05) is 0 Å². The van der Waals surface area contributed by atoms with Gasteiger partial charge in [0.25, 0.3) is 5.91 Å². The van der Waals surface area contributed by atoms with E-state index in [1.54, 1.807) is 0 Å². The fraction of sp³-hybridized carbons (Fsp3) is 0.190. The van der Waals surface area contributed by atoms with Crippen LogP contribution in [0.25, 0.3) is 11.5 Å². The highest BCUT2D eigenvalue weighted by molar-refractivity contribution is 5.91. The van der Waals surface area contributed by atoms with E-state index in [0.717, 1.165) is 0 Å². The van der Waals surface area contributed by atoms with Gasteiger partial charge in [-0.2, -0.15) is 0 Å². The van der Waals surface area contributed by atoms with Crippen molar-refractivity contribution in [1.82, 2.24) is 4.98 Å². The van der Waals surface area contributed by atoms with Gasteiger partial charge in [0.05, 0.1) is 19.8 Å². The van der Waals surface area contributed by atoms with Gasteiger partial charge in [0.1, 0.15) is 24.4 Å². The summed E-state index contributed by atoms with van der Waals surface area (Å²) >= 11 is 0. The fourth-order valence-electron chi connectivity index (χ4n) is 2.60. The first kappa shape index (κ1) is 21.6. The molecule has 2 N–H and O–H groups in total. The lowest BCUT2D eigenvalue weighted by Gasteiger charge is -2.15. The highest BCUT2D eigenvalue weighted by Gasteiger charge is 2.20. The van der Waals surface area contributed by atoms with Gasteiger partial charge < -0.3 is 29.1 Å². The molecule has 0 fully saturated rings. The molecule has 0 aliphatic rings. The number of hydrogen-bond donors (Lipinski definition) is 1. The third-order valence-electron chi connectivity index (χ3n) is 4.05. The number of oxazole rings is 1. The summed E-state index contributed by atoms with van der Waals surface area (Å²) in [5.41, 5.74) is 6.17. The molecule has 0 unspecified atom stereocenters. The predicted molar refractivity (Wildman–Crippen MR) is 105 cm³/mol. The minimum Gasteiger partial charge on any atom is -0.493 e. The number of esters is 1. The van der Waals surface area contributed by atoms with E-state index in [-0.39, 0.29) is 47.7 Å². The van der Waals surface area contributed by atoms with E-state index in [0.29, 0.717) is 11.3 Å². The van der Waals surface area contributed by atoms with Crippen LogP contribution in [0.5, 0.6) is 17.2 Å². The molecule has 1 amide bonds. The smallest absolute Gasteiger partial charge is 0.338 e. The van der Waals surface area contributed by atoms with Crippen molar-refractivity contribution < 1.29 is 37.3 Å². The third kappa shape index (κ3) is 5.30. The lowest BCUT2D eigenvalue weighted by Crippen LogP contribution is -2.20. The maximum atomic E-state index is 13.0. The molecule has 1 heterocycles. The first-order valence-corrected chi connectivity index (χ1v) is 8.96. The zero-order valence-corrected chi connectivity index (χ0v) is 16.7. The third-order valence-corrected chi connectivity index (χ3v) is 4.05. The topological polar surface area (TPSA) is 123 Å². The molecule has 0 bridgehead atoms. The lowest BCUT2D eigenvalue weighted by molar-refractivity contribution is -0.120. The van der Waals surface area contributed by atoms with Crippen molar-refractivity contribution in [1.29, 1.82) is 0 Å². The molecule has 3 rings (SSSR count). The Morgan fingerprint density at radius 2 is 1.74 bits per heavy atom. The van der Waals surface area contributed by atoms with Gasteiger partial charge in [-0.05, 0) is 36.4 Å². The summed E-state index contributed by atoms with van der Waals surface area (Å²) in [5, 5.41) is 0. The monoisotopic (exact) mass is 430 g/mol. The highest BCUT2D eigenvalue weighted by Crippen LogP contribution is 2.38. The molecule has 9 nitrogen and oxygen atoms in total. The van der Waals surface area contributed by atoms with Crippen molar-refractivity contribution in [2.75, 3.05) is 20.8 Å². The second-order valence-electron chi connectivity index (χ2n) is 6.19. The van der Waals surface area contributed by atoms with Gasteiger partial charge in [-0.3, -0.25) is 4.79 Å². The van der Waals surface area contributed by atoms with Crippen molar-refractivity contribution >= 4 is 11.9 Å². The average molecular weight is 430 g/mol. The number of aromatic nitrogens is 1. The second kappa shape index (κ2) is 9.61. The summed E-state index contributed by atoms with van der Waals surface area (Å²) in [6, 6.07) is 8.39. The molecule has 0 saturated heterocycles. The van der Waals surface area contributed by atoms with E-state index in [9.17, 15) is 14.0 Å². The first-order chi connectivity index (χ1) is 14.9. The fourth-order valence-corrected chi connectivity index (χ4v) is 2.60. The van der Waals surface area contributed by atoms with Crippen molar-refractivity contribution in [3.63, 3.8) is 0 Å². The molecule has 0 spiro atoms. The molecular formula is C21H19FN2O7. The molecular weight excluding hydrogens is 411 g/mol. The number of primary amides is 1. The molecule has 1 aromatic heterocycles. The van der Waals surface area contributed by atoms with Crippen molar-refractivity contribution in [3.8, 4) is 28.7 Å². The van der Waals surface area contributed by atoms with E-state index >= 15 is 0 Å². The molecule has 0 aliphatic heterocycles. The Hall–Kier alpha value is -4.08. The largest absolute Gasteiger partial charge is 0.493 e. The normalized spacial score (nSPS) is 10.4. The Morgan fingerprint density at radius 1 is 1.10 bits per heavy atom. The van der Waals surface area contributed by atoms with Crippen LogP contribution in [0.1, 0.15) is 16.1 Å². The molecule has 2 aromatic carbocycles. The molecule has 0 aliphatic carbocycles. The van der Waals surface area contributed by atoms with E-state index in [2.05, 4.69) is 4.98 Å². The summed E-state index contributed by atoms with van der Waals surface area (Å²) in [5.74, 6) is -1.02. The van der Waals surface area contributed by atoms with E-state index in [4.69, 9.17) is 29.1 Å². The molecule has 162 valence electrons. The number of carbonyl (C=O) groups is 2. The maximum Gasteiger partial charge on any atom is 0.338 e. The SMILES string of the molecule is COc1cc(C(=O)OCc2coc(-c3ccc(F)cc3)n2)cc(OC)c1OCC(N)=O. The zero-order chi connectivity index (χ0) is 22.4. The number of methoxy groups -OCH3 is 2. The number of halogens is 1. The van der Waals surface area contributed by atoms with Crippen molar-refractivity contribution in [3.05, 3.63) is 59.7 Å². The molecule has 0 radical (unpaired) electrons. The first-order valence-electron chi connectivity index (χ1n) is 8.96. The molecule has 0 atom stereocenters. The van der Waals surface area contributed by atoms with Crippen LogP contribution in [0.3, 0.4) is 0 Å². The number of nitrogens with zero attached hydrogens (tertiary/aromatic N) is 1. The quantitative estimate of drug-likeness (QED) is 0.514. The van der Waals surface area contributed by atoms with Gasteiger partial charge in [-0.1, -0.05) is 0 Å². The van der Waals surface area contributed by atoms with E-state index in [1.165, 1.54) is 56.9 Å². The summed E-state index contributed by atoms with van der Waals surface area (Å²) in [7, 11) is 2.74. The van der Waals surface area contributed by atoms with Crippen LogP contribution >= 0.6 is 0 Å². The van der Waals surface area contributed by atoms with Crippen molar-refractivity contribution in [2.24, 2.45) is 5.73 Å². The highest BCUT2D eigenvalue weighted by atomic mass is 19.1. The van der Waals surface area contributed by atoms with Crippen LogP contribution in [0.2, 0.25) is 0 Å². The van der Waals surface area contributed by atoms with Gasteiger partial charge >= 0.3 is 5.97 Å². The number of carbonyl (C=O) groups excluding carboxylic acids is 2. The standard InChI is InChI=1S/C21H19FN2O7/c1-27-16-7-13(8-17(28-2)19(16)29-11-18(23)25)21(26)31-10-15-9-30-20(24-15)12-3-5-14(22)6-4-12/h3-9H,10-11H2,1-2H3,(H2,23,25). The number of ether oxygens (including phenoxy) is 4. The van der Waals surface area contributed by atoms with E-state index < -0.39 is 11.9 Å². The van der Waals surface area contributed by atoms with Gasteiger partial charge in [-0.15, -0.1) is 0 Å². The summed E-state index contributed by atoms with van der Waals surface area (Å²) in [6.45, 7) is -0.548. The Morgan fingerprint density at radius 3 is 2.32 bits per heavy atom. The summed E-state index contributed by atoms with van der Waals surface area (Å²) in [6.07, 6.45) is 1.34. The minimum absolute atomic E-state index is 0.126. The number of rotatable bonds is 9. The molecule has 3 aromatic rings. The minimum atomic E-state index is -0.680. The average Bonchev–Trinajstić information content (AvgIpc) is 3.24. The molecule has 31 heavy (non-hydrogen) atoms. The van der Waals surface area contributed by atoms with Crippen LogP contribution in [-0.4, -0.2) is 37.7 Å². The molecule has 10 heteroatoms. The van der Waals surface area contributed by atoms with Crippen LogP contribution in [-0.2, 0) is 16.1 Å². The Labute approximate surface area is 176 Å². The molecule has 0 saturated carbocycles. The number of hydrogen-bond acceptors (Lipinski definition) is 8. The van der Waals surface area contributed by atoms with Crippen LogP contribution in [0.15, 0.2) is 47.1 Å². The number of amides is 1.